The smallest absolute Gasteiger partial charge is 0.240 e. The van der Waals surface area contributed by atoms with Crippen LogP contribution in [0.2, 0.25) is 0 Å². The summed E-state index contributed by atoms with van der Waals surface area (Å²) in [6.07, 6.45) is 2.23. The fourth-order valence-electron chi connectivity index (χ4n) is 2.36. The van der Waals surface area contributed by atoms with Crippen molar-refractivity contribution in [3.05, 3.63) is 24.3 Å². The highest BCUT2D eigenvalue weighted by molar-refractivity contribution is 7.89. The van der Waals surface area contributed by atoms with Gasteiger partial charge in [0.05, 0.1) is 15.9 Å². The molecule has 1 aliphatic rings. The van der Waals surface area contributed by atoms with Gasteiger partial charge in [-0.3, -0.25) is 0 Å². The molecule has 1 aliphatic carbocycles. The number of rotatable bonds is 5. The van der Waals surface area contributed by atoms with Crippen LogP contribution in [0.25, 0.3) is 0 Å². The van der Waals surface area contributed by atoms with Crippen molar-refractivity contribution in [3.63, 3.8) is 0 Å². The van der Waals surface area contributed by atoms with E-state index in [2.05, 4.69) is 4.72 Å². The number of benzene rings is 1. The number of sulfonamides is 2. The Morgan fingerprint density at radius 2 is 1.67 bits per heavy atom. The SMILES string of the molecule is COC1CCC(NS(=O)(=O)c2ccc(S(N)(=O)=O)cc2)C1. The molecular formula is C12H18N2O5S2. The Hall–Kier alpha value is -1.00. The van der Waals surface area contributed by atoms with Crippen molar-refractivity contribution in [2.24, 2.45) is 5.14 Å². The Labute approximate surface area is 124 Å². The van der Waals surface area contributed by atoms with Crippen LogP contribution in [0.5, 0.6) is 0 Å². The lowest BCUT2D eigenvalue weighted by Crippen LogP contribution is -2.33. The Morgan fingerprint density at radius 3 is 2.14 bits per heavy atom. The fraction of sp³-hybridized carbons (Fsp3) is 0.500. The molecule has 0 heterocycles. The molecule has 2 atom stereocenters. The molecule has 118 valence electrons. The van der Waals surface area contributed by atoms with Crippen molar-refractivity contribution in [1.82, 2.24) is 4.72 Å². The number of nitrogens with two attached hydrogens (primary N) is 1. The van der Waals surface area contributed by atoms with Crippen molar-refractivity contribution < 1.29 is 21.6 Å². The Bertz CT molecular complexity index is 698. The lowest BCUT2D eigenvalue weighted by molar-refractivity contribution is 0.107. The first-order chi connectivity index (χ1) is 9.72. The second-order valence-corrected chi connectivity index (χ2v) is 8.28. The lowest BCUT2D eigenvalue weighted by Gasteiger charge is -2.13. The van der Waals surface area contributed by atoms with Crippen molar-refractivity contribution in [2.45, 2.75) is 41.2 Å². The molecule has 7 nitrogen and oxygen atoms in total. The van der Waals surface area contributed by atoms with Gasteiger partial charge in [0, 0.05) is 13.2 Å². The molecule has 0 spiro atoms. The molecule has 2 unspecified atom stereocenters. The molecular weight excluding hydrogens is 316 g/mol. The van der Waals surface area contributed by atoms with Gasteiger partial charge in [-0.2, -0.15) is 0 Å². The van der Waals surface area contributed by atoms with E-state index in [1.54, 1.807) is 7.11 Å². The summed E-state index contributed by atoms with van der Waals surface area (Å²) in [5.41, 5.74) is 0. The molecule has 21 heavy (non-hydrogen) atoms. The van der Waals surface area contributed by atoms with E-state index in [0.29, 0.717) is 12.8 Å². The van der Waals surface area contributed by atoms with Crippen LogP contribution in [0.15, 0.2) is 34.1 Å². The molecule has 2 rings (SSSR count). The average molecular weight is 334 g/mol. The monoisotopic (exact) mass is 334 g/mol. The van der Waals surface area contributed by atoms with Gasteiger partial charge in [-0.05, 0) is 43.5 Å². The van der Waals surface area contributed by atoms with Crippen LogP contribution in [0.1, 0.15) is 19.3 Å². The van der Waals surface area contributed by atoms with E-state index < -0.39 is 20.0 Å². The van der Waals surface area contributed by atoms with Crippen LogP contribution >= 0.6 is 0 Å². The van der Waals surface area contributed by atoms with Gasteiger partial charge in [-0.1, -0.05) is 0 Å². The van der Waals surface area contributed by atoms with Gasteiger partial charge in [0.25, 0.3) is 0 Å². The van der Waals surface area contributed by atoms with Crippen molar-refractivity contribution in [3.8, 4) is 0 Å². The summed E-state index contributed by atoms with van der Waals surface area (Å²) in [4.78, 5) is -0.113. The van der Waals surface area contributed by atoms with Gasteiger partial charge in [0.1, 0.15) is 0 Å². The van der Waals surface area contributed by atoms with Crippen LogP contribution < -0.4 is 9.86 Å². The molecule has 0 aromatic heterocycles. The zero-order valence-electron chi connectivity index (χ0n) is 11.5. The number of hydrogen-bond donors (Lipinski definition) is 2. The second kappa shape index (κ2) is 6.01. The van der Waals surface area contributed by atoms with E-state index in [1.165, 1.54) is 24.3 Å². The first-order valence-electron chi connectivity index (χ1n) is 6.40. The number of hydrogen-bond acceptors (Lipinski definition) is 5. The molecule has 9 heteroatoms. The summed E-state index contributed by atoms with van der Waals surface area (Å²) in [6.45, 7) is 0. The standard InChI is InChI=1S/C12H18N2O5S2/c1-19-10-3-2-9(8-10)14-21(17,18)12-6-4-11(5-7-12)20(13,15)16/h4-7,9-10,14H,2-3,8H2,1H3,(H2,13,15,16). The van der Waals surface area contributed by atoms with Crippen LogP contribution in [0, 0.1) is 0 Å². The highest BCUT2D eigenvalue weighted by atomic mass is 32.2. The molecule has 1 aromatic rings. The summed E-state index contributed by atoms with van der Waals surface area (Å²) in [7, 11) is -5.90. The van der Waals surface area contributed by atoms with Crippen LogP contribution in [-0.4, -0.2) is 36.1 Å². The Kier molecular flexibility index (Phi) is 4.69. The molecule has 3 N–H and O–H groups in total. The zero-order chi connectivity index (χ0) is 15.7. The number of primary sulfonamides is 1. The van der Waals surface area contributed by atoms with E-state index >= 15 is 0 Å². The first-order valence-corrected chi connectivity index (χ1v) is 9.43. The third kappa shape index (κ3) is 4.01. The average Bonchev–Trinajstić information content (AvgIpc) is 2.85. The molecule has 0 bridgehead atoms. The maximum absolute atomic E-state index is 12.2. The largest absolute Gasteiger partial charge is 0.381 e. The summed E-state index contributed by atoms with van der Waals surface area (Å²) in [6, 6.07) is 4.64. The lowest BCUT2D eigenvalue weighted by atomic mass is 10.3. The molecule has 0 radical (unpaired) electrons. The van der Waals surface area contributed by atoms with Crippen LogP contribution in [-0.2, 0) is 24.8 Å². The van der Waals surface area contributed by atoms with Crippen LogP contribution in [0.4, 0.5) is 0 Å². The molecule has 1 aromatic carbocycles. The summed E-state index contributed by atoms with van der Waals surface area (Å²) in [5, 5.41) is 4.97. The molecule has 0 amide bonds. The van der Waals surface area contributed by atoms with Gasteiger partial charge in [-0.15, -0.1) is 0 Å². The number of ether oxygens (including phenoxy) is 1. The summed E-state index contributed by atoms with van der Waals surface area (Å²) >= 11 is 0. The normalized spacial score (nSPS) is 23.3. The van der Waals surface area contributed by atoms with Crippen LogP contribution in [0.3, 0.4) is 0 Å². The predicted octanol–water partition coefficient (Wildman–Crippen LogP) is 0.180. The molecule has 0 aliphatic heterocycles. The van der Waals surface area contributed by atoms with E-state index in [0.717, 1.165) is 6.42 Å². The van der Waals surface area contributed by atoms with Gasteiger partial charge in [-0.25, -0.2) is 26.7 Å². The molecule has 0 saturated heterocycles. The van der Waals surface area contributed by atoms with Crippen molar-refractivity contribution >= 4 is 20.0 Å². The zero-order valence-corrected chi connectivity index (χ0v) is 13.2. The summed E-state index contributed by atoms with van der Waals surface area (Å²) < 4.78 is 54.5. The topological polar surface area (TPSA) is 116 Å². The Morgan fingerprint density at radius 1 is 1.10 bits per heavy atom. The third-order valence-electron chi connectivity index (χ3n) is 3.50. The van der Waals surface area contributed by atoms with E-state index in [4.69, 9.17) is 9.88 Å². The molecule has 1 fully saturated rings. The first kappa shape index (κ1) is 16.4. The molecule has 1 saturated carbocycles. The maximum atomic E-state index is 12.2. The highest BCUT2D eigenvalue weighted by Gasteiger charge is 2.28. The number of methoxy groups -OCH3 is 1. The van der Waals surface area contributed by atoms with Gasteiger partial charge >= 0.3 is 0 Å². The minimum absolute atomic E-state index is 0.00997. The van der Waals surface area contributed by atoms with E-state index in [1.807, 2.05) is 0 Å². The van der Waals surface area contributed by atoms with Gasteiger partial charge in [0.15, 0.2) is 0 Å². The maximum Gasteiger partial charge on any atom is 0.240 e. The minimum Gasteiger partial charge on any atom is -0.381 e. The number of nitrogens with one attached hydrogen (secondary N) is 1. The third-order valence-corrected chi connectivity index (χ3v) is 5.97. The minimum atomic E-state index is -3.83. The fourth-order valence-corrected chi connectivity index (χ4v) is 4.16. The van der Waals surface area contributed by atoms with E-state index in [-0.39, 0.29) is 21.9 Å². The van der Waals surface area contributed by atoms with Gasteiger partial charge < -0.3 is 4.74 Å². The second-order valence-electron chi connectivity index (χ2n) is 5.01. The Balaban J connectivity index is 2.13. The van der Waals surface area contributed by atoms with Crippen molar-refractivity contribution in [1.29, 1.82) is 0 Å². The highest BCUT2D eigenvalue weighted by Crippen LogP contribution is 2.23. The predicted molar refractivity (Wildman–Crippen MR) is 76.6 cm³/mol. The van der Waals surface area contributed by atoms with Gasteiger partial charge in [0.2, 0.25) is 20.0 Å². The quantitative estimate of drug-likeness (QED) is 0.797. The van der Waals surface area contributed by atoms with Crippen molar-refractivity contribution in [2.75, 3.05) is 7.11 Å². The van der Waals surface area contributed by atoms with E-state index in [9.17, 15) is 16.8 Å². The summed E-state index contributed by atoms with van der Waals surface area (Å²) in [5.74, 6) is 0.